The second-order valence-electron chi connectivity index (χ2n) is 3.60. The number of nitrogens with zero attached hydrogens (tertiary/aromatic N) is 2. The predicted molar refractivity (Wildman–Crippen MR) is 65.4 cm³/mol. The monoisotopic (exact) mass is 235 g/mol. The van der Waals surface area contributed by atoms with E-state index in [1.54, 1.807) is 6.20 Å². The predicted octanol–water partition coefficient (Wildman–Crippen LogP) is 2.60. The van der Waals surface area contributed by atoms with Crippen molar-refractivity contribution >= 4 is 11.6 Å². The molecule has 1 unspecified atom stereocenters. The molecule has 3 nitrogen and oxygen atoms in total. The van der Waals surface area contributed by atoms with Crippen LogP contribution >= 0.6 is 11.6 Å². The molecule has 0 fully saturated rings. The van der Waals surface area contributed by atoms with Gasteiger partial charge in [0.2, 0.25) is 0 Å². The first kappa shape index (κ1) is 11.2. The summed E-state index contributed by atoms with van der Waals surface area (Å²) in [7, 11) is 0. The summed E-state index contributed by atoms with van der Waals surface area (Å²) in [6, 6.07) is 7.35. The molecule has 0 radical (unpaired) electrons. The zero-order valence-electron chi connectivity index (χ0n) is 9.10. The summed E-state index contributed by atoms with van der Waals surface area (Å²) in [4.78, 5) is 4.29. The first-order chi connectivity index (χ1) is 7.72. The summed E-state index contributed by atoms with van der Waals surface area (Å²) in [6.07, 6.45) is 3.70. The van der Waals surface area contributed by atoms with Crippen molar-refractivity contribution in [2.45, 2.75) is 19.5 Å². The third kappa shape index (κ3) is 2.10. The lowest BCUT2D eigenvalue weighted by Gasteiger charge is -2.13. The molecule has 0 spiro atoms. The number of aromatic nitrogens is 2. The topological polar surface area (TPSA) is 43.8 Å². The van der Waals surface area contributed by atoms with Gasteiger partial charge in [0, 0.05) is 24.0 Å². The van der Waals surface area contributed by atoms with Crippen molar-refractivity contribution in [3.63, 3.8) is 0 Å². The van der Waals surface area contributed by atoms with Crippen molar-refractivity contribution in [3.05, 3.63) is 53.1 Å². The number of hydrogen-bond acceptors (Lipinski definition) is 2. The average molecular weight is 236 g/mol. The Morgan fingerprint density at radius 1 is 1.50 bits per heavy atom. The Kier molecular flexibility index (Phi) is 3.27. The van der Waals surface area contributed by atoms with Crippen LogP contribution in [0.4, 0.5) is 0 Å². The molecule has 2 rings (SSSR count). The molecule has 4 heteroatoms. The van der Waals surface area contributed by atoms with E-state index in [9.17, 15) is 0 Å². The summed E-state index contributed by atoms with van der Waals surface area (Å²) in [5, 5.41) is 0.697. The first-order valence-corrected chi connectivity index (χ1v) is 5.62. The van der Waals surface area contributed by atoms with Gasteiger partial charge >= 0.3 is 0 Å². The van der Waals surface area contributed by atoms with Gasteiger partial charge in [0.25, 0.3) is 0 Å². The average Bonchev–Trinajstić information content (AvgIpc) is 2.76. The smallest absolute Gasteiger partial charge is 0.130 e. The molecule has 1 aromatic carbocycles. The highest BCUT2D eigenvalue weighted by Crippen LogP contribution is 2.21. The van der Waals surface area contributed by atoms with Crippen LogP contribution in [0.5, 0.6) is 0 Å². The molecule has 1 aromatic heterocycles. The highest BCUT2D eigenvalue weighted by atomic mass is 35.5. The Labute approximate surface area is 99.9 Å². The van der Waals surface area contributed by atoms with Crippen LogP contribution in [0.15, 0.2) is 36.7 Å². The van der Waals surface area contributed by atoms with Crippen molar-refractivity contribution in [2.24, 2.45) is 5.73 Å². The Morgan fingerprint density at radius 2 is 2.31 bits per heavy atom. The molecule has 0 saturated heterocycles. The largest absolute Gasteiger partial charge is 0.334 e. The molecule has 2 aromatic rings. The lowest BCUT2D eigenvalue weighted by Crippen LogP contribution is -2.17. The van der Waals surface area contributed by atoms with E-state index in [2.05, 4.69) is 11.9 Å². The van der Waals surface area contributed by atoms with Gasteiger partial charge in [0.05, 0.1) is 6.04 Å². The molecule has 0 aliphatic heterocycles. The van der Waals surface area contributed by atoms with Gasteiger partial charge in [0.15, 0.2) is 0 Å². The lowest BCUT2D eigenvalue weighted by molar-refractivity contribution is 0.656. The molecule has 84 valence electrons. The third-order valence-electron chi connectivity index (χ3n) is 2.57. The maximum Gasteiger partial charge on any atom is 0.130 e. The summed E-state index contributed by atoms with van der Waals surface area (Å²) in [5.74, 6) is 0.866. The number of nitrogens with two attached hydrogens (primary N) is 1. The van der Waals surface area contributed by atoms with E-state index in [4.69, 9.17) is 17.3 Å². The molecule has 0 amide bonds. The highest BCUT2D eigenvalue weighted by Gasteiger charge is 2.13. The van der Waals surface area contributed by atoms with Crippen LogP contribution in [0.3, 0.4) is 0 Å². The van der Waals surface area contributed by atoms with Crippen LogP contribution in [0, 0.1) is 0 Å². The fourth-order valence-electron chi connectivity index (χ4n) is 1.72. The number of halogens is 1. The molecule has 0 bridgehead atoms. The van der Waals surface area contributed by atoms with Gasteiger partial charge in [0.1, 0.15) is 5.82 Å². The molecular formula is C12H14ClN3. The van der Waals surface area contributed by atoms with Gasteiger partial charge in [-0.25, -0.2) is 4.98 Å². The summed E-state index contributed by atoms with van der Waals surface area (Å²) >= 11 is 5.94. The standard InChI is InChI=1S/C12H14ClN3/c1-2-16-7-6-15-12(16)11(14)9-4-3-5-10(13)8-9/h3-8,11H,2,14H2,1H3. The quantitative estimate of drug-likeness (QED) is 0.889. The second kappa shape index (κ2) is 4.68. The van der Waals surface area contributed by atoms with E-state index >= 15 is 0 Å². The SMILES string of the molecule is CCn1ccnc1C(N)c1cccc(Cl)c1. The fraction of sp³-hybridized carbons (Fsp3) is 0.250. The van der Waals surface area contributed by atoms with Gasteiger partial charge in [-0.1, -0.05) is 23.7 Å². The van der Waals surface area contributed by atoms with E-state index in [1.807, 2.05) is 35.0 Å². The number of benzene rings is 1. The second-order valence-corrected chi connectivity index (χ2v) is 4.04. The van der Waals surface area contributed by atoms with Gasteiger partial charge in [-0.05, 0) is 24.6 Å². The normalized spacial score (nSPS) is 12.7. The Balaban J connectivity index is 2.35. The number of rotatable bonds is 3. The Hall–Kier alpha value is -1.32. The maximum atomic E-state index is 6.16. The van der Waals surface area contributed by atoms with Crippen LogP contribution in [0.2, 0.25) is 5.02 Å². The number of hydrogen-bond donors (Lipinski definition) is 1. The molecule has 1 atom stereocenters. The number of imidazole rings is 1. The van der Waals surface area contributed by atoms with Crippen molar-refractivity contribution in [3.8, 4) is 0 Å². The molecule has 2 N–H and O–H groups in total. The minimum Gasteiger partial charge on any atom is -0.334 e. The minimum absolute atomic E-state index is 0.228. The van der Waals surface area contributed by atoms with Crippen LogP contribution in [-0.4, -0.2) is 9.55 Å². The third-order valence-corrected chi connectivity index (χ3v) is 2.81. The summed E-state index contributed by atoms with van der Waals surface area (Å²) in [6.45, 7) is 2.93. The van der Waals surface area contributed by atoms with E-state index < -0.39 is 0 Å². The van der Waals surface area contributed by atoms with Crippen LogP contribution < -0.4 is 5.73 Å². The summed E-state index contributed by atoms with van der Waals surface area (Å²) < 4.78 is 2.03. The first-order valence-electron chi connectivity index (χ1n) is 5.24. The van der Waals surface area contributed by atoms with Crippen LogP contribution in [0.25, 0.3) is 0 Å². The maximum absolute atomic E-state index is 6.16. The van der Waals surface area contributed by atoms with E-state index in [1.165, 1.54) is 0 Å². The molecule has 0 aliphatic rings. The zero-order valence-corrected chi connectivity index (χ0v) is 9.85. The van der Waals surface area contributed by atoms with Crippen LogP contribution in [-0.2, 0) is 6.54 Å². The minimum atomic E-state index is -0.228. The summed E-state index contributed by atoms with van der Waals surface area (Å²) in [5.41, 5.74) is 7.14. The van der Waals surface area contributed by atoms with Gasteiger partial charge in [-0.2, -0.15) is 0 Å². The Bertz CT molecular complexity index is 479. The molecular weight excluding hydrogens is 222 g/mol. The fourth-order valence-corrected chi connectivity index (χ4v) is 1.91. The molecule has 0 aliphatic carbocycles. The van der Waals surface area contributed by atoms with Gasteiger partial charge < -0.3 is 10.3 Å². The highest BCUT2D eigenvalue weighted by molar-refractivity contribution is 6.30. The van der Waals surface area contributed by atoms with E-state index in [0.29, 0.717) is 5.02 Å². The van der Waals surface area contributed by atoms with Crippen molar-refractivity contribution in [1.29, 1.82) is 0 Å². The van der Waals surface area contributed by atoms with Gasteiger partial charge in [-0.3, -0.25) is 0 Å². The molecule has 1 heterocycles. The number of aryl methyl sites for hydroxylation is 1. The van der Waals surface area contributed by atoms with E-state index in [0.717, 1.165) is 17.9 Å². The van der Waals surface area contributed by atoms with Crippen molar-refractivity contribution in [2.75, 3.05) is 0 Å². The molecule has 0 saturated carbocycles. The van der Waals surface area contributed by atoms with Crippen molar-refractivity contribution < 1.29 is 0 Å². The Morgan fingerprint density at radius 3 is 3.00 bits per heavy atom. The molecule has 16 heavy (non-hydrogen) atoms. The lowest BCUT2D eigenvalue weighted by atomic mass is 10.1. The zero-order chi connectivity index (χ0) is 11.5. The van der Waals surface area contributed by atoms with Crippen molar-refractivity contribution in [1.82, 2.24) is 9.55 Å². The van der Waals surface area contributed by atoms with E-state index in [-0.39, 0.29) is 6.04 Å². The van der Waals surface area contributed by atoms with Gasteiger partial charge in [-0.15, -0.1) is 0 Å². The van der Waals surface area contributed by atoms with Crippen LogP contribution in [0.1, 0.15) is 24.4 Å².